The van der Waals surface area contributed by atoms with E-state index in [0.29, 0.717) is 39.6 Å². The van der Waals surface area contributed by atoms with Crippen molar-refractivity contribution < 1.29 is 18.9 Å². The van der Waals surface area contributed by atoms with Crippen molar-refractivity contribution in [2.75, 3.05) is 5.01 Å². The molecule has 1 aromatic heterocycles. The first-order chi connectivity index (χ1) is 14.8. The Hall–Kier alpha value is -4.33. The van der Waals surface area contributed by atoms with Gasteiger partial charge in [0.05, 0.1) is 21.9 Å². The van der Waals surface area contributed by atoms with Gasteiger partial charge in [0.1, 0.15) is 11.5 Å². The van der Waals surface area contributed by atoms with E-state index in [2.05, 4.69) is 5.10 Å². The Labute approximate surface area is 177 Å². The number of anilines is 1. The van der Waals surface area contributed by atoms with Gasteiger partial charge in [-0.2, -0.15) is 10.1 Å². The van der Waals surface area contributed by atoms with Gasteiger partial charge in [0.15, 0.2) is 5.78 Å². The minimum Gasteiger partial charge on any atom is -0.457 e. The summed E-state index contributed by atoms with van der Waals surface area (Å²) in [6.07, 6.45) is 1.59. The molecule has 0 radical (unpaired) electrons. The highest BCUT2D eigenvalue weighted by atomic mass is 16.6. The topological polar surface area (TPSA) is 106 Å². The number of benzene rings is 2. The zero-order valence-corrected chi connectivity index (χ0v) is 16.7. The summed E-state index contributed by atoms with van der Waals surface area (Å²) in [5, 5.41) is 16.6. The van der Waals surface area contributed by atoms with Crippen LogP contribution < -0.4 is 5.01 Å². The molecule has 2 aromatic carbocycles. The second-order valence-corrected chi connectivity index (χ2v) is 6.97. The lowest BCUT2D eigenvalue weighted by Crippen LogP contribution is -2.21. The molecule has 8 nitrogen and oxygen atoms in total. The van der Waals surface area contributed by atoms with E-state index in [-0.39, 0.29) is 17.4 Å². The molecule has 4 rings (SSSR count). The van der Waals surface area contributed by atoms with Crippen molar-refractivity contribution in [2.45, 2.75) is 13.8 Å². The number of non-ortho nitro benzene ring substituents is 1. The summed E-state index contributed by atoms with van der Waals surface area (Å²) in [4.78, 5) is 34.9. The van der Waals surface area contributed by atoms with E-state index in [0.717, 1.165) is 0 Å². The molecular weight excluding hydrogens is 398 g/mol. The normalized spacial score (nSPS) is 14.8. The SMILES string of the molecule is CC(=O)c1ccc(N2N=C(C)/C(=C\c3ccc(-c4cccc([N+](=O)[O-])c4)o3)C2=O)cc1. The maximum atomic E-state index is 12.9. The maximum absolute atomic E-state index is 12.9. The van der Waals surface area contributed by atoms with Crippen molar-refractivity contribution >= 4 is 34.9 Å². The van der Waals surface area contributed by atoms with E-state index in [4.69, 9.17) is 4.42 Å². The smallest absolute Gasteiger partial charge is 0.280 e. The van der Waals surface area contributed by atoms with E-state index in [9.17, 15) is 19.7 Å². The Kier molecular flexibility index (Phi) is 5.04. The molecule has 0 saturated carbocycles. The highest BCUT2D eigenvalue weighted by Gasteiger charge is 2.29. The molecule has 0 bridgehead atoms. The largest absolute Gasteiger partial charge is 0.457 e. The number of hydrogen-bond acceptors (Lipinski definition) is 6. The van der Waals surface area contributed by atoms with Gasteiger partial charge in [0.25, 0.3) is 11.6 Å². The lowest BCUT2D eigenvalue weighted by atomic mass is 10.1. The average molecular weight is 415 g/mol. The molecule has 0 saturated heterocycles. The lowest BCUT2D eigenvalue weighted by molar-refractivity contribution is -0.384. The van der Waals surface area contributed by atoms with Gasteiger partial charge in [-0.3, -0.25) is 19.7 Å². The van der Waals surface area contributed by atoms with Gasteiger partial charge < -0.3 is 4.42 Å². The zero-order chi connectivity index (χ0) is 22.1. The molecule has 1 aliphatic rings. The minimum atomic E-state index is -0.468. The molecule has 0 spiro atoms. The summed E-state index contributed by atoms with van der Waals surface area (Å²) < 4.78 is 5.78. The Morgan fingerprint density at radius 3 is 2.55 bits per heavy atom. The van der Waals surface area contributed by atoms with Crippen LogP contribution in [0.15, 0.2) is 75.8 Å². The summed E-state index contributed by atoms with van der Waals surface area (Å²) in [6.45, 7) is 3.20. The summed E-state index contributed by atoms with van der Waals surface area (Å²) in [7, 11) is 0. The van der Waals surface area contributed by atoms with Crippen LogP contribution in [0.5, 0.6) is 0 Å². The number of Topliss-reactive ketones (excluding diaryl/α,β-unsaturated/α-hetero) is 1. The van der Waals surface area contributed by atoms with Crippen LogP contribution in [0.3, 0.4) is 0 Å². The van der Waals surface area contributed by atoms with Gasteiger partial charge in [0.2, 0.25) is 0 Å². The number of nitro groups is 1. The van der Waals surface area contributed by atoms with Crippen molar-refractivity contribution in [3.05, 3.63) is 87.7 Å². The second kappa shape index (κ2) is 7.83. The van der Waals surface area contributed by atoms with Gasteiger partial charge in [-0.25, -0.2) is 0 Å². The molecule has 8 heteroatoms. The third kappa shape index (κ3) is 3.91. The van der Waals surface area contributed by atoms with E-state index in [1.807, 2.05) is 0 Å². The van der Waals surface area contributed by atoms with Crippen molar-refractivity contribution in [3.8, 4) is 11.3 Å². The van der Waals surface area contributed by atoms with Crippen molar-refractivity contribution in [1.82, 2.24) is 0 Å². The zero-order valence-electron chi connectivity index (χ0n) is 16.7. The van der Waals surface area contributed by atoms with Crippen LogP contribution in [-0.2, 0) is 4.79 Å². The quantitative estimate of drug-likeness (QED) is 0.256. The highest BCUT2D eigenvalue weighted by molar-refractivity contribution is 6.32. The maximum Gasteiger partial charge on any atom is 0.280 e. The number of nitrogens with zero attached hydrogens (tertiary/aromatic N) is 3. The Morgan fingerprint density at radius 2 is 1.87 bits per heavy atom. The average Bonchev–Trinajstić information content (AvgIpc) is 3.34. The van der Waals surface area contributed by atoms with Crippen LogP contribution in [0.1, 0.15) is 30.0 Å². The van der Waals surface area contributed by atoms with E-state index >= 15 is 0 Å². The number of hydrazone groups is 1. The number of hydrogen-bond donors (Lipinski definition) is 0. The number of furan rings is 1. The van der Waals surface area contributed by atoms with Gasteiger partial charge in [-0.15, -0.1) is 0 Å². The van der Waals surface area contributed by atoms with Crippen molar-refractivity contribution in [1.29, 1.82) is 0 Å². The third-order valence-corrected chi connectivity index (χ3v) is 4.84. The summed E-state index contributed by atoms with van der Waals surface area (Å²) >= 11 is 0. The van der Waals surface area contributed by atoms with Crippen LogP contribution in [0.25, 0.3) is 17.4 Å². The fourth-order valence-corrected chi connectivity index (χ4v) is 3.20. The fourth-order valence-electron chi connectivity index (χ4n) is 3.20. The molecule has 31 heavy (non-hydrogen) atoms. The molecular formula is C23H17N3O5. The summed E-state index contributed by atoms with van der Waals surface area (Å²) in [6, 6.07) is 16.1. The standard InChI is InChI=1S/C23H17N3O5/c1-14-21(23(28)25(24-14)18-8-6-16(7-9-18)15(2)27)13-20-10-11-22(31-20)17-4-3-5-19(12-17)26(29)30/h3-13H,1-2H3/b21-13+. The van der Waals surface area contributed by atoms with Crippen LogP contribution >= 0.6 is 0 Å². The Morgan fingerprint density at radius 1 is 1.13 bits per heavy atom. The second-order valence-electron chi connectivity index (χ2n) is 6.97. The van der Waals surface area contributed by atoms with E-state index < -0.39 is 4.92 Å². The predicted molar refractivity (Wildman–Crippen MR) is 116 cm³/mol. The predicted octanol–water partition coefficient (Wildman–Crippen LogP) is 4.86. The van der Waals surface area contributed by atoms with Crippen LogP contribution in [0.2, 0.25) is 0 Å². The van der Waals surface area contributed by atoms with Crippen LogP contribution in [-0.4, -0.2) is 22.3 Å². The molecule has 0 unspecified atom stereocenters. The summed E-state index contributed by atoms with van der Waals surface area (Å²) in [5.74, 6) is 0.499. The number of carbonyl (C=O) groups is 2. The summed E-state index contributed by atoms with van der Waals surface area (Å²) in [5.41, 5.74) is 2.53. The third-order valence-electron chi connectivity index (χ3n) is 4.84. The first-order valence-electron chi connectivity index (χ1n) is 9.41. The molecule has 0 atom stereocenters. The van der Waals surface area contributed by atoms with Crippen LogP contribution in [0.4, 0.5) is 11.4 Å². The van der Waals surface area contributed by atoms with Crippen molar-refractivity contribution in [2.24, 2.45) is 5.10 Å². The van der Waals surface area contributed by atoms with Gasteiger partial charge in [-0.05, 0) is 56.3 Å². The number of amides is 1. The molecule has 1 aliphatic heterocycles. The molecule has 2 heterocycles. The molecule has 0 N–H and O–H groups in total. The van der Waals surface area contributed by atoms with Crippen LogP contribution in [0, 0.1) is 10.1 Å². The molecule has 1 amide bonds. The fraction of sp³-hybridized carbons (Fsp3) is 0.0870. The van der Waals surface area contributed by atoms with Gasteiger partial charge in [-0.1, -0.05) is 12.1 Å². The molecule has 154 valence electrons. The van der Waals surface area contributed by atoms with Gasteiger partial charge in [0, 0.05) is 23.3 Å². The van der Waals surface area contributed by atoms with Gasteiger partial charge >= 0.3 is 0 Å². The number of rotatable bonds is 5. The molecule has 0 fully saturated rings. The van der Waals surface area contributed by atoms with E-state index in [1.54, 1.807) is 61.5 Å². The highest BCUT2D eigenvalue weighted by Crippen LogP contribution is 2.29. The number of carbonyl (C=O) groups excluding carboxylic acids is 2. The Bertz CT molecular complexity index is 1270. The lowest BCUT2D eigenvalue weighted by Gasteiger charge is -2.11. The molecule has 3 aromatic rings. The number of nitro benzene ring substituents is 1. The first-order valence-corrected chi connectivity index (χ1v) is 9.41. The molecule has 0 aliphatic carbocycles. The minimum absolute atomic E-state index is 0.0332. The van der Waals surface area contributed by atoms with E-state index in [1.165, 1.54) is 24.1 Å². The monoisotopic (exact) mass is 415 g/mol. The number of ketones is 1. The van der Waals surface area contributed by atoms with Crippen molar-refractivity contribution in [3.63, 3.8) is 0 Å². The first kappa shape index (κ1) is 20.0. The Balaban J connectivity index is 1.59.